The normalized spacial score (nSPS) is 28.2. The molecule has 1 heterocycles. The molecule has 0 aromatic rings. The number of amides is 1. The molecule has 0 radical (unpaired) electrons. The van der Waals surface area contributed by atoms with Crippen LogP contribution < -0.4 is 0 Å². The second kappa shape index (κ2) is 3.85. The van der Waals surface area contributed by atoms with E-state index in [-0.39, 0.29) is 5.92 Å². The Balaban J connectivity index is 2.71. The molecule has 0 N–H and O–H groups in total. The Morgan fingerprint density at radius 2 is 2.31 bits per heavy atom. The lowest BCUT2D eigenvalue weighted by molar-refractivity contribution is -0.129. The highest BCUT2D eigenvalue weighted by atomic mass is 19.3. The van der Waals surface area contributed by atoms with Crippen molar-refractivity contribution in [2.45, 2.75) is 25.8 Å². The minimum Gasteiger partial charge on any atom is -0.330 e. The average Bonchev–Trinajstić information content (AvgIpc) is 2.46. The predicted molar refractivity (Wildman–Crippen MR) is 45.5 cm³/mol. The largest absolute Gasteiger partial charge is 0.330 e. The number of hydrogen-bond acceptors (Lipinski definition) is 1. The molecule has 1 rings (SSSR count). The summed E-state index contributed by atoms with van der Waals surface area (Å²) in [4.78, 5) is 12.4. The van der Waals surface area contributed by atoms with E-state index in [9.17, 15) is 13.6 Å². The summed E-state index contributed by atoms with van der Waals surface area (Å²) in [5.74, 6) is -0.238. The number of hydrogen-bond donors (Lipinski definition) is 0. The molecule has 0 bridgehead atoms. The second-order valence-electron chi connectivity index (χ2n) is 3.44. The Morgan fingerprint density at radius 1 is 1.69 bits per heavy atom. The number of alkyl halides is 2. The molecule has 0 spiro atoms. The molecule has 1 aliphatic rings. The summed E-state index contributed by atoms with van der Waals surface area (Å²) in [6.45, 7) is 5.57. The third-order valence-corrected chi connectivity index (χ3v) is 2.30. The van der Waals surface area contributed by atoms with Crippen LogP contribution in [0.1, 0.15) is 13.3 Å². The van der Waals surface area contributed by atoms with Crippen molar-refractivity contribution >= 4 is 5.91 Å². The standard InChI is InChI=1S/C9H13F2NO/c1-3-8(13)12-5-6(2)4-7(12)9(10)11/h3,6-7,9H,1,4-5H2,2H3/t6-,7+/m0/s1. The van der Waals surface area contributed by atoms with Gasteiger partial charge in [-0.2, -0.15) is 0 Å². The number of likely N-dealkylation sites (tertiary alicyclic amines) is 1. The van der Waals surface area contributed by atoms with Crippen LogP contribution in [0.5, 0.6) is 0 Å². The average molecular weight is 189 g/mol. The van der Waals surface area contributed by atoms with Gasteiger partial charge in [-0.25, -0.2) is 8.78 Å². The molecule has 0 saturated carbocycles. The van der Waals surface area contributed by atoms with E-state index in [1.807, 2.05) is 6.92 Å². The zero-order valence-corrected chi connectivity index (χ0v) is 7.54. The van der Waals surface area contributed by atoms with Gasteiger partial charge in [0, 0.05) is 6.54 Å². The summed E-state index contributed by atoms with van der Waals surface area (Å²) < 4.78 is 24.9. The van der Waals surface area contributed by atoms with Crippen LogP contribution in [0.2, 0.25) is 0 Å². The number of halogens is 2. The van der Waals surface area contributed by atoms with Crippen molar-refractivity contribution in [3.8, 4) is 0 Å². The summed E-state index contributed by atoms with van der Waals surface area (Å²) in [5.41, 5.74) is 0. The fourth-order valence-corrected chi connectivity index (χ4v) is 1.69. The SMILES string of the molecule is C=CC(=O)N1C[C@@H](C)C[C@@H]1C(F)F. The highest BCUT2D eigenvalue weighted by Crippen LogP contribution is 2.27. The summed E-state index contributed by atoms with van der Waals surface area (Å²) in [6.07, 6.45) is -0.973. The molecule has 0 aromatic heterocycles. The molecule has 1 saturated heterocycles. The first-order chi connectivity index (χ1) is 6.06. The lowest BCUT2D eigenvalue weighted by Crippen LogP contribution is -2.38. The first-order valence-electron chi connectivity index (χ1n) is 4.27. The van der Waals surface area contributed by atoms with Crippen molar-refractivity contribution in [1.29, 1.82) is 0 Å². The van der Waals surface area contributed by atoms with Gasteiger partial charge in [-0.05, 0) is 18.4 Å². The number of carbonyl (C=O) groups is 1. The summed E-state index contributed by atoms with van der Waals surface area (Å²) >= 11 is 0. The van der Waals surface area contributed by atoms with Crippen molar-refractivity contribution < 1.29 is 13.6 Å². The van der Waals surface area contributed by atoms with Gasteiger partial charge in [0.25, 0.3) is 6.43 Å². The first-order valence-corrected chi connectivity index (χ1v) is 4.27. The third kappa shape index (κ3) is 2.05. The summed E-state index contributed by atoms with van der Waals surface area (Å²) in [6, 6.07) is -0.916. The van der Waals surface area contributed by atoms with Crippen molar-refractivity contribution in [3.05, 3.63) is 12.7 Å². The Morgan fingerprint density at radius 3 is 2.77 bits per heavy atom. The number of rotatable bonds is 2. The lowest BCUT2D eigenvalue weighted by Gasteiger charge is -2.22. The van der Waals surface area contributed by atoms with E-state index >= 15 is 0 Å². The molecular formula is C9H13F2NO. The lowest BCUT2D eigenvalue weighted by atomic mass is 10.1. The fourth-order valence-electron chi connectivity index (χ4n) is 1.69. The van der Waals surface area contributed by atoms with E-state index in [2.05, 4.69) is 6.58 Å². The fraction of sp³-hybridized carbons (Fsp3) is 0.667. The van der Waals surface area contributed by atoms with Gasteiger partial charge < -0.3 is 4.90 Å². The zero-order chi connectivity index (χ0) is 10.0. The van der Waals surface area contributed by atoms with E-state index in [0.717, 1.165) is 6.08 Å². The van der Waals surface area contributed by atoms with Crippen molar-refractivity contribution in [3.63, 3.8) is 0 Å². The minimum absolute atomic E-state index is 0.155. The molecule has 0 aliphatic carbocycles. The van der Waals surface area contributed by atoms with Gasteiger partial charge in [-0.3, -0.25) is 4.79 Å². The molecule has 1 fully saturated rings. The predicted octanol–water partition coefficient (Wildman–Crippen LogP) is 1.67. The summed E-state index contributed by atoms with van der Waals surface area (Å²) in [5, 5.41) is 0. The molecule has 1 amide bonds. The zero-order valence-electron chi connectivity index (χ0n) is 7.54. The molecule has 1 aliphatic heterocycles. The van der Waals surface area contributed by atoms with E-state index in [1.165, 1.54) is 4.90 Å². The van der Waals surface area contributed by atoms with Gasteiger partial charge in [-0.1, -0.05) is 13.5 Å². The molecule has 4 heteroatoms. The molecule has 13 heavy (non-hydrogen) atoms. The van der Waals surface area contributed by atoms with Crippen LogP contribution in [0.4, 0.5) is 8.78 Å². The van der Waals surface area contributed by atoms with Crippen LogP contribution in [0.15, 0.2) is 12.7 Å². The van der Waals surface area contributed by atoms with E-state index in [1.54, 1.807) is 0 Å². The number of nitrogens with zero attached hydrogens (tertiary/aromatic N) is 1. The van der Waals surface area contributed by atoms with Gasteiger partial charge >= 0.3 is 0 Å². The second-order valence-corrected chi connectivity index (χ2v) is 3.44. The maximum Gasteiger partial charge on any atom is 0.258 e. The van der Waals surface area contributed by atoms with Crippen LogP contribution in [-0.4, -0.2) is 29.8 Å². The van der Waals surface area contributed by atoms with Crippen LogP contribution in [0.3, 0.4) is 0 Å². The van der Waals surface area contributed by atoms with Gasteiger partial charge in [-0.15, -0.1) is 0 Å². The smallest absolute Gasteiger partial charge is 0.258 e. The highest BCUT2D eigenvalue weighted by molar-refractivity contribution is 5.87. The van der Waals surface area contributed by atoms with Gasteiger partial charge in [0.15, 0.2) is 0 Å². The Hall–Kier alpha value is -0.930. The third-order valence-electron chi connectivity index (χ3n) is 2.30. The van der Waals surface area contributed by atoms with E-state index in [4.69, 9.17) is 0 Å². The number of carbonyl (C=O) groups excluding carboxylic acids is 1. The Kier molecular flexibility index (Phi) is 3.01. The van der Waals surface area contributed by atoms with Crippen molar-refractivity contribution in [2.75, 3.05) is 6.54 Å². The molecule has 0 aromatic carbocycles. The van der Waals surface area contributed by atoms with Crippen LogP contribution >= 0.6 is 0 Å². The Bertz CT molecular complexity index is 218. The van der Waals surface area contributed by atoms with E-state index < -0.39 is 18.4 Å². The van der Waals surface area contributed by atoms with Crippen LogP contribution in [0.25, 0.3) is 0 Å². The Labute approximate surface area is 76.2 Å². The van der Waals surface area contributed by atoms with Crippen LogP contribution in [-0.2, 0) is 4.79 Å². The molecular weight excluding hydrogens is 176 g/mol. The van der Waals surface area contributed by atoms with Crippen molar-refractivity contribution in [2.24, 2.45) is 5.92 Å². The molecule has 2 atom stereocenters. The first kappa shape index (κ1) is 10.2. The van der Waals surface area contributed by atoms with Gasteiger partial charge in [0.1, 0.15) is 0 Å². The quantitative estimate of drug-likeness (QED) is 0.605. The highest BCUT2D eigenvalue weighted by Gasteiger charge is 2.37. The van der Waals surface area contributed by atoms with Crippen molar-refractivity contribution in [1.82, 2.24) is 4.90 Å². The van der Waals surface area contributed by atoms with Gasteiger partial charge in [0.05, 0.1) is 6.04 Å². The minimum atomic E-state index is -2.45. The van der Waals surface area contributed by atoms with E-state index in [0.29, 0.717) is 13.0 Å². The monoisotopic (exact) mass is 189 g/mol. The maximum atomic E-state index is 12.4. The molecule has 74 valence electrons. The summed E-state index contributed by atoms with van der Waals surface area (Å²) in [7, 11) is 0. The molecule has 0 unspecified atom stereocenters. The maximum absolute atomic E-state index is 12.4. The van der Waals surface area contributed by atoms with Crippen LogP contribution in [0, 0.1) is 5.92 Å². The topological polar surface area (TPSA) is 20.3 Å². The molecule has 2 nitrogen and oxygen atoms in total. The van der Waals surface area contributed by atoms with Gasteiger partial charge in [0.2, 0.25) is 5.91 Å².